The highest BCUT2D eigenvalue weighted by atomic mass is 16.5. The number of unbranched alkanes of at least 4 members (excludes halogenated alkanes) is 1. The highest BCUT2D eigenvalue weighted by molar-refractivity contribution is 5.75. The molecular formula is C12H26N2O2. The molecule has 0 saturated carbocycles. The number of carbonyl (C=O) groups excluding carboxylic acids is 1. The molecule has 0 spiro atoms. The van der Waals surface area contributed by atoms with Gasteiger partial charge in [0.1, 0.15) is 12.1 Å². The van der Waals surface area contributed by atoms with Crippen molar-refractivity contribution in [2.75, 3.05) is 6.54 Å². The topological polar surface area (TPSA) is 78.3 Å². The predicted octanol–water partition coefficient (Wildman–Crippen LogP) is 1.56. The fourth-order valence-corrected chi connectivity index (χ4v) is 1.55. The van der Waals surface area contributed by atoms with E-state index in [2.05, 4.69) is 6.92 Å². The third-order valence-corrected chi connectivity index (χ3v) is 2.62. The maximum absolute atomic E-state index is 11.6. The number of hydrogen-bond acceptors (Lipinski definition) is 4. The van der Waals surface area contributed by atoms with Crippen LogP contribution >= 0.6 is 0 Å². The monoisotopic (exact) mass is 230 g/mol. The Bertz CT molecular complexity index is 186. The minimum atomic E-state index is -0.488. The summed E-state index contributed by atoms with van der Waals surface area (Å²) in [5.41, 5.74) is 11.1. The molecule has 2 atom stereocenters. The first-order chi connectivity index (χ1) is 7.65. The zero-order valence-corrected chi connectivity index (χ0v) is 10.6. The Hall–Kier alpha value is -0.610. The van der Waals surface area contributed by atoms with E-state index in [0.717, 1.165) is 32.1 Å². The van der Waals surface area contributed by atoms with Gasteiger partial charge in [0.2, 0.25) is 0 Å². The summed E-state index contributed by atoms with van der Waals surface area (Å²) >= 11 is 0. The third kappa shape index (κ3) is 6.80. The van der Waals surface area contributed by atoms with Gasteiger partial charge in [-0.3, -0.25) is 4.79 Å². The fourth-order valence-electron chi connectivity index (χ4n) is 1.55. The molecule has 0 aliphatic heterocycles. The Morgan fingerprint density at radius 2 is 1.94 bits per heavy atom. The molecule has 4 nitrogen and oxygen atoms in total. The van der Waals surface area contributed by atoms with Gasteiger partial charge < -0.3 is 16.2 Å². The van der Waals surface area contributed by atoms with E-state index in [1.807, 2.05) is 6.92 Å². The summed E-state index contributed by atoms with van der Waals surface area (Å²) in [5.74, 6) is -0.266. The van der Waals surface area contributed by atoms with Crippen LogP contribution < -0.4 is 11.5 Å². The minimum absolute atomic E-state index is 0.0260. The Morgan fingerprint density at radius 1 is 1.25 bits per heavy atom. The van der Waals surface area contributed by atoms with Crippen LogP contribution in [0.4, 0.5) is 0 Å². The molecule has 4 heteroatoms. The summed E-state index contributed by atoms with van der Waals surface area (Å²) in [5, 5.41) is 0. The van der Waals surface area contributed by atoms with Crippen LogP contribution in [0, 0.1) is 0 Å². The number of esters is 1. The molecule has 0 aromatic carbocycles. The number of hydrogen-bond donors (Lipinski definition) is 2. The molecule has 0 rings (SSSR count). The van der Waals surface area contributed by atoms with Crippen molar-refractivity contribution < 1.29 is 9.53 Å². The highest BCUT2D eigenvalue weighted by Crippen LogP contribution is 2.09. The first kappa shape index (κ1) is 15.4. The van der Waals surface area contributed by atoms with Crippen LogP contribution in [0.2, 0.25) is 0 Å². The van der Waals surface area contributed by atoms with E-state index >= 15 is 0 Å². The Kier molecular flexibility index (Phi) is 9.24. The number of carbonyl (C=O) groups is 1. The molecular weight excluding hydrogens is 204 g/mol. The van der Waals surface area contributed by atoms with Crippen molar-refractivity contribution in [1.82, 2.24) is 0 Å². The lowest BCUT2D eigenvalue weighted by Crippen LogP contribution is -2.35. The largest absolute Gasteiger partial charge is 0.461 e. The second-order valence-electron chi connectivity index (χ2n) is 4.15. The quantitative estimate of drug-likeness (QED) is 0.465. The predicted molar refractivity (Wildman–Crippen MR) is 66.0 cm³/mol. The van der Waals surface area contributed by atoms with Gasteiger partial charge in [0.25, 0.3) is 0 Å². The molecule has 0 aliphatic carbocycles. The van der Waals surface area contributed by atoms with Crippen LogP contribution in [-0.4, -0.2) is 24.7 Å². The Balaban J connectivity index is 3.83. The molecule has 0 heterocycles. The summed E-state index contributed by atoms with van der Waals surface area (Å²) in [7, 11) is 0. The Morgan fingerprint density at radius 3 is 2.44 bits per heavy atom. The van der Waals surface area contributed by atoms with Crippen molar-refractivity contribution in [3.63, 3.8) is 0 Å². The molecule has 4 N–H and O–H groups in total. The van der Waals surface area contributed by atoms with Gasteiger partial charge in [-0.05, 0) is 32.2 Å². The molecule has 0 aromatic rings. The van der Waals surface area contributed by atoms with E-state index in [1.165, 1.54) is 0 Å². The first-order valence-corrected chi connectivity index (χ1v) is 6.31. The lowest BCUT2D eigenvalue weighted by Gasteiger charge is -2.18. The second-order valence-corrected chi connectivity index (χ2v) is 4.15. The van der Waals surface area contributed by atoms with Crippen molar-refractivity contribution in [3.05, 3.63) is 0 Å². The van der Waals surface area contributed by atoms with Crippen LogP contribution in [0.15, 0.2) is 0 Å². The van der Waals surface area contributed by atoms with Gasteiger partial charge in [-0.15, -0.1) is 0 Å². The van der Waals surface area contributed by atoms with E-state index in [4.69, 9.17) is 16.2 Å². The summed E-state index contributed by atoms with van der Waals surface area (Å²) in [4.78, 5) is 11.6. The van der Waals surface area contributed by atoms with Crippen LogP contribution in [-0.2, 0) is 9.53 Å². The smallest absolute Gasteiger partial charge is 0.323 e. The average Bonchev–Trinajstić information content (AvgIpc) is 2.28. The van der Waals surface area contributed by atoms with Crippen molar-refractivity contribution in [3.8, 4) is 0 Å². The van der Waals surface area contributed by atoms with Gasteiger partial charge in [-0.2, -0.15) is 0 Å². The average molecular weight is 230 g/mol. The van der Waals surface area contributed by atoms with E-state index in [1.54, 1.807) is 0 Å². The number of rotatable bonds is 9. The fraction of sp³-hybridized carbons (Fsp3) is 0.917. The molecule has 0 radical (unpaired) electrons. The lowest BCUT2D eigenvalue weighted by molar-refractivity contribution is -0.151. The summed E-state index contributed by atoms with van der Waals surface area (Å²) in [6.07, 6.45) is 5.28. The van der Waals surface area contributed by atoms with Gasteiger partial charge in [-0.1, -0.05) is 26.7 Å². The van der Waals surface area contributed by atoms with Gasteiger partial charge in [0, 0.05) is 0 Å². The Labute approximate surface area is 98.7 Å². The molecule has 16 heavy (non-hydrogen) atoms. The van der Waals surface area contributed by atoms with Crippen molar-refractivity contribution >= 4 is 5.97 Å². The van der Waals surface area contributed by atoms with Gasteiger partial charge >= 0.3 is 5.97 Å². The number of nitrogens with two attached hydrogens (primary N) is 2. The molecule has 0 amide bonds. The zero-order chi connectivity index (χ0) is 12.4. The molecule has 0 aliphatic rings. The standard InChI is InChI=1S/C12H26N2O2/c1-3-7-10(4-2)16-12(15)11(14)8-5-6-9-13/h10-11H,3-9,13-14H2,1-2H3/t10?,11-/m0/s1. The van der Waals surface area contributed by atoms with E-state index in [9.17, 15) is 4.79 Å². The molecule has 0 saturated heterocycles. The van der Waals surface area contributed by atoms with E-state index < -0.39 is 6.04 Å². The summed E-state index contributed by atoms with van der Waals surface area (Å²) in [6, 6.07) is -0.488. The maximum atomic E-state index is 11.6. The van der Waals surface area contributed by atoms with Gasteiger partial charge in [0.15, 0.2) is 0 Å². The lowest BCUT2D eigenvalue weighted by atomic mass is 10.1. The highest BCUT2D eigenvalue weighted by Gasteiger charge is 2.18. The minimum Gasteiger partial charge on any atom is -0.461 e. The van der Waals surface area contributed by atoms with Crippen molar-refractivity contribution in [2.45, 2.75) is 64.5 Å². The molecule has 96 valence electrons. The number of ether oxygens (including phenoxy) is 1. The summed E-state index contributed by atoms with van der Waals surface area (Å²) < 4.78 is 5.34. The first-order valence-electron chi connectivity index (χ1n) is 6.31. The molecule has 0 fully saturated rings. The van der Waals surface area contributed by atoms with E-state index in [0.29, 0.717) is 13.0 Å². The molecule has 1 unspecified atom stereocenters. The zero-order valence-electron chi connectivity index (χ0n) is 10.6. The van der Waals surface area contributed by atoms with Gasteiger partial charge in [-0.25, -0.2) is 0 Å². The second kappa shape index (κ2) is 9.60. The van der Waals surface area contributed by atoms with Crippen molar-refractivity contribution in [1.29, 1.82) is 0 Å². The van der Waals surface area contributed by atoms with Crippen LogP contribution in [0.5, 0.6) is 0 Å². The van der Waals surface area contributed by atoms with Crippen LogP contribution in [0.3, 0.4) is 0 Å². The van der Waals surface area contributed by atoms with E-state index in [-0.39, 0.29) is 12.1 Å². The molecule has 0 aromatic heterocycles. The van der Waals surface area contributed by atoms with Crippen molar-refractivity contribution in [2.24, 2.45) is 11.5 Å². The molecule has 0 bridgehead atoms. The third-order valence-electron chi connectivity index (χ3n) is 2.62. The van der Waals surface area contributed by atoms with Crippen LogP contribution in [0.25, 0.3) is 0 Å². The summed E-state index contributed by atoms with van der Waals surface area (Å²) in [6.45, 7) is 4.75. The van der Waals surface area contributed by atoms with Gasteiger partial charge in [0.05, 0.1) is 0 Å². The van der Waals surface area contributed by atoms with Crippen LogP contribution in [0.1, 0.15) is 52.4 Å². The SMILES string of the molecule is CCCC(CC)OC(=O)[C@@H](N)CCCCN. The normalized spacial score (nSPS) is 14.5. The maximum Gasteiger partial charge on any atom is 0.323 e.